The summed E-state index contributed by atoms with van der Waals surface area (Å²) >= 11 is 0. The van der Waals surface area contributed by atoms with Gasteiger partial charge in [0.2, 0.25) is 5.91 Å². The van der Waals surface area contributed by atoms with Crippen molar-refractivity contribution in [2.24, 2.45) is 0 Å². The van der Waals surface area contributed by atoms with Crippen LogP contribution in [0.1, 0.15) is 25.8 Å². The molecule has 2 amide bonds. The molecular formula is C17H26N2O4. The standard InChI is InChI=1S/C17H26N2O4/c1-4-19(13-16(20)18-17(21)22-5-2)10-7-11-23-15-9-6-8-14(3)12-15/h6,8-9,12H,4-5,7,10-11,13H2,1-3H3,(H,18,20,21). The van der Waals surface area contributed by atoms with E-state index in [9.17, 15) is 9.59 Å². The number of benzene rings is 1. The van der Waals surface area contributed by atoms with Crippen LogP contribution in [0, 0.1) is 6.92 Å². The van der Waals surface area contributed by atoms with Gasteiger partial charge in [-0.25, -0.2) is 4.79 Å². The van der Waals surface area contributed by atoms with Crippen LogP contribution in [-0.4, -0.2) is 49.7 Å². The Bertz CT molecular complexity index is 505. The Morgan fingerprint density at radius 1 is 1.26 bits per heavy atom. The summed E-state index contributed by atoms with van der Waals surface area (Å²) in [4.78, 5) is 24.8. The van der Waals surface area contributed by atoms with E-state index in [0.717, 1.165) is 30.8 Å². The fourth-order valence-corrected chi connectivity index (χ4v) is 2.06. The zero-order valence-electron chi connectivity index (χ0n) is 14.1. The van der Waals surface area contributed by atoms with Crippen LogP contribution in [0.3, 0.4) is 0 Å². The van der Waals surface area contributed by atoms with Crippen molar-refractivity contribution in [1.82, 2.24) is 10.2 Å². The lowest BCUT2D eigenvalue weighted by Gasteiger charge is -2.19. The van der Waals surface area contributed by atoms with Crippen LogP contribution in [0.15, 0.2) is 24.3 Å². The first kappa shape index (κ1) is 19.0. The zero-order chi connectivity index (χ0) is 17.1. The molecule has 1 rings (SSSR count). The van der Waals surface area contributed by atoms with Crippen molar-refractivity contribution in [1.29, 1.82) is 0 Å². The highest BCUT2D eigenvalue weighted by Crippen LogP contribution is 2.12. The minimum Gasteiger partial charge on any atom is -0.494 e. The number of likely N-dealkylation sites (N-methyl/N-ethyl adjacent to an activating group) is 1. The van der Waals surface area contributed by atoms with Crippen molar-refractivity contribution in [3.63, 3.8) is 0 Å². The Morgan fingerprint density at radius 2 is 2.04 bits per heavy atom. The van der Waals surface area contributed by atoms with Crippen LogP contribution >= 0.6 is 0 Å². The highest BCUT2D eigenvalue weighted by molar-refractivity contribution is 5.92. The molecule has 0 aliphatic rings. The van der Waals surface area contributed by atoms with E-state index in [-0.39, 0.29) is 19.1 Å². The monoisotopic (exact) mass is 322 g/mol. The van der Waals surface area contributed by atoms with E-state index < -0.39 is 6.09 Å². The fraction of sp³-hybridized carbons (Fsp3) is 0.529. The molecule has 0 heterocycles. The SMILES string of the molecule is CCOC(=O)NC(=O)CN(CC)CCCOc1cccc(C)c1. The summed E-state index contributed by atoms with van der Waals surface area (Å²) in [5.41, 5.74) is 1.16. The van der Waals surface area contributed by atoms with Gasteiger partial charge >= 0.3 is 6.09 Å². The van der Waals surface area contributed by atoms with E-state index >= 15 is 0 Å². The molecule has 1 N–H and O–H groups in total. The Morgan fingerprint density at radius 3 is 2.70 bits per heavy atom. The summed E-state index contributed by atoms with van der Waals surface area (Å²) in [7, 11) is 0. The second-order valence-corrected chi connectivity index (χ2v) is 5.16. The second kappa shape index (κ2) is 10.6. The molecule has 0 saturated carbocycles. The molecule has 0 unspecified atom stereocenters. The van der Waals surface area contributed by atoms with Crippen molar-refractivity contribution >= 4 is 12.0 Å². The van der Waals surface area contributed by atoms with Gasteiger partial charge in [0.15, 0.2) is 0 Å². The van der Waals surface area contributed by atoms with Crippen LogP contribution in [0.2, 0.25) is 0 Å². The molecule has 23 heavy (non-hydrogen) atoms. The quantitative estimate of drug-likeness (QED) is 0.707. The van der Waals surface area contributed by atoms with Gasteiger partial charge in [-0.15, -0.1) is 0 Å². The van der Waals surface area contributed by atoms with Gasteiger partial charge in [-0.05, 0) is 44.5 Å². The number of rotatable bonds is 9. The smallest absolute Gasteiger partial charge is 0.413 e. The maximum absolute atomic E-state index is 11.7. The van der Waals surface area contributed by atoms with Gasteiger partial charge in [-0.1, -0.05) is 19.1 Å². The summed E-state index contributed by atoms with van der Waals surface area (Å²) in [6.07, 6.45) is 0.102. The molecule has 0 saturated heterocycles. The highest BCUT2D eigenvalue weighted by atomic mass is 16.5. The molecule has 0 fully saturated rings. The molecule has 0 aromatic heterocycles. The molecule has 6 heteroatoms. The molecule has 0 spiro atoms. The Balaban J connectivity index is 2.25. The molecule has 0 radical (unpaired) electrons. The average molecular weight is 322 g/mol. The van der Waals surface area contributed by atoms with Crippen LogP contribution in [-0.2, 0) is 9.53 Å². The highest BCUT2D eigenvalue weighted by Gasteiger charge is 2.12. The number of ether oxygens (including phenoxy) is 2. The largest absolute Gasteiger partial charge is 0.494 e. The number of carbonyl (C=O) groups excluding carboxylic acids is 2. The summed E-state index contributed by atoms with van der Waals surface area (Å²) in [5.74, 6) is 0.498. The summed E-state index contributed by atoms with van der Waals surface area (Å²) in [6, 6.07) is 7.90. The van der Waals surface area contributed by atoms with Crippen molar-refractivity contribution in [2.45, 2.75) is 27.2 Å². The van der Waals surface area contributed by atoms with Crippen molar-refractivity contribution in [2.75, 3.05) is 32.8 Å². The summed E-state index contributed by atoms with van der Waals surface area (Å²) in [5, 5.41) is 2.20. The lowest BCUT2D eigenvalue weighted by Crippen LogP contribution is -2.40. The van der Waals surface area contributed by atoms with E-state index in [1.807, 2.05) is 43.0 Å². The number of carbonyl (C=O) groups is 2. The van der Waals surface area contributed by atoms with Gasteiger partial charge in [0.05, 0.1) is 19.8 Å². The Kier molecular flexibility index (Phi) is 8.75. The van der Waals surface area contributed by atoms with Crippen molar-refractivity contribution < 1.29 is 19.1 Å². The van der Waals surface area contributed by atoms with Gasteiger partial charge in [-0.2, -0.15) is 0 Å². The lowest BCUT2D eigenvalue weighted by atomic mass is 10.2. The third-order valence-corrected chi connectivity index (χ3v) is 3.21. The Labute approximate surface area is 137 Å². The summed E-state index contributed by atoms with van der Waals surface area (Å²) < 4.78 is 10.4. The minimum absolute atomic E-state index is 0.166. The number of hydrogen-bond donors (Lipinski definition) is 1. The maximum atomic E-state index is 11.7. The average Bonchev–Trinajstić information content (AvgIpc) is 2.50. The normalized spacial score (nSPS) is 10.4. The molecule has 128 valence electrons. The fourth-order valence-electron chi connectivity index (χ4n) is 2.06. The van der Waals surface area contributed by atoms with Gasteiger partial charge in [-0.3, -0.25) is 15.0 Å². The van der Waals surface area contributed by atoms with E-state index in [1.165, 1.54) is 0 Å². The van der Waals surface area contributed by atoms with Crippen molar-refractivity contribution in [3.8, 4) is 5.75 Å². The van der Waals surface area contributed by atoms with E-state index in [2.05, 4.69) is 10.1 Å². The summed E-state index contributed by atoms with van der Waals surface area (Å²) in [6.45, 7) is 8.12. The van der Waals surface area contributed by atoms with Gasteiger partial charge in [0.1, 0.15) is 5.75 Å². The number of hydrogen-bond acceptors (Lipinski definition) is 5. The molecule has 0 atom stereocenters. The number of nitrogens with zero attached hydrogens (tertiary/aromatic N) is 1. The van der Waals surface area contributed by atoms with E-state index in [4.69, 9.17) is 4.74 Å². The Hall–Kier alpha value is -2.08. The molecular weight excluding hydrogens is 296 g/mol. The van der Waals surface area contributed by atoms with Gasteiger partial charge < -0.3 is 9.47 Å². The molecule has 0 bridgehead atoms. The van der Waals surface area contributed by atoms with Crippen molar-refractivity contribution in [3.05, 3.63) is 29.8 Å². The van der Waals surface area contributed by atoms with E-state index in [0.29, 0.717) is 6.61 Å². The first-order chi connectivity index (χ1) is 11.0. The van der Waals surface area contributed by atoms with Crippen LogP contribution < -0.4 is 10.1 Å². The molecule has 0 aliphatic carbocycles. The number of amides is 2. The van der Waals surface area contributed by atoms with E-state index in [1.54, 1.807) is 6.92 Å². The number of aryl methyl sites for hydroxylation is 1. The molecule has 1 aromatic carbocycles. The maximum Gasteiger partial charge on any atom is 0.413 e. The first-order valence-electron chi connectivity index (χ1n) is 7.93. The zero-order valence-corrected chi connectivity index (χ0v) is 14.1. The number of imide groups is 1. The lowest BCUT2D eigenvalue weighted by molar-refractivity contribution is -0.121. The third-order valence-electron chi connectivity index (χ3n) is 3.21. The number of nitrogens with one attached hydrogen (secondary N) is 1. The van der Waals surface area contributed by atoms with Crippen LogP contribution in [0.4, 0.5) is 4.79 Å². The minimum atomic E-state index is -0.698. The molecule has 0 aliphatic heterocycles. The first-order valence-corrected chi connectivity index (χ1v) is 7.93. The second-order valence-electron chi connectivity index (χ2n) is 5.16. The van der Waals surface area contributed by atoms with Gasteiger partial charge in [0.25, 0.3) is 0 Å². The molecule has 6 nitrogen and oxygen atoms in total. The van der Waals surface area contributed by atoms with Gasteiger partial charge in [0, 0.05) is 6.54 Å². The molecule has 1 aromatic rings. The van der Waals surface area contributed by atoms with Crippen LogP contribution in [0.5, 0.6) is 5.75 Å². The van der Waals surface area contributed by atoms with Crippen LogP contribution in [0.25, 0.3) is 0 Å². The predicted octanol–water partition coefficient (Wildman–Crippen LogP) is 2.36. The predicted molar refractivity (Wildman–Crippen MR) is 88.6 cm³/mol. The third kappa shape index (κ3) is 8.21. The topological polar surface area (TPSA) is 67.9 Å². The number of alkyl carbamates (subject to hydrolysis) is 1.